The summed E-state index contributed by atoms with van der Waals surface area (Å²) in [7, 11) is 0. The molecule has 148 valence electrons. The van der Waals surface area contributed by atoms with Gasteiger partial charge in [-0.2, -0.15) is 0 Å². The van der Waals surface area contributed by atoms with Gasteiger partial charge in [-0.05, 0) is 38.5 Å². The van der Waals surface area contributed by atoms with Crippen LogP contribution in [0.15, 0.2) is 24.3 Å². The molecule has 3 N–H and O–H groups in total. The molecule has 1 aromatic carbocycles. The van der Waals surface area contributed by atoms with Crippen molar-refractivity contribution in [2.24, 2.45) is 0 Å². The van der Waals surface area contributed by atoms with Gasteiger partial charge in [0.25, 0.3) is 0 Å². The van der Waals surface area contributed by atoms with Gasteiger partial charge in [0, 0.05) is 37.9 Å². The van der Waals surface area contributed by atoms with Crippen molar-refractivity contribution in [3.8, 4) is 0 Å². The lowest BCUT2D eigenvalue weighted by atomic mass is 10.2. The highest BCUT2D eigenvalue weighted by molar-refractivity contribution is 5.92. The molecular weight excluding hydrogens is 346 g/mol. The van der Waals surface area contributed by atoms with Crippen LogP contribution in [0.5, 0.6) is 0 Å². The number of rotatable bonds is 6. The van der Waals surface area contributed by atoms with Crippen LogP contribution in [-0.2, 0) is 9.59 Å². The lowest BCUT2D eigenvalue weighted by molar-refractivity contribution is -0.132. The van der Waals surface area contributed by atoms with E-state index in [4.69, 9.17) is 0 Å². The molecule has 1 fully saturated rings. The number of amides is 4. The quantitative estimate of drug-likeness (QED) is 0.685. The van der Waals surface area contributed by atoms with E-state index in [0.717, 1.165) is 5.56 Å². The van der Waals surface area contributed by atoms with Crippen LogP contribution in [0, 0.1) is 6.92 Å². The van der Waals surface area contributed by atoms with Crippen molar-refractivity contribution in [2.45, 2.75) is 26.8 Å². The predicted octanol–water partition coefficient (Wildman–Crippen LogP) is 0.785. The maximum Gasteiger partial charge on any atom is 0.319 e. The van der Waals surface area contributed by atoms with Gasteiger partial charge in [0.1, 0.15) is 0 Å². The number of urea groups is 1. The van der Waals surface area contributed by atoms with E-state index in [0.29, 0.717) is 38.4 Å². The van der Waals surface area contributed by atoms with E-state index in [2.05, 4.69) is 16.0 Å². The first kappa shape index (κ1) is 20.7. The molecule has 8 heteroatoms. The van der Waals surface area contributed by atoms with Crippen LogP contribution in [0.2, 0.25) is 0 Å². The molecule has 0 radical (unpaired) electrons. The maximum absolute atomic E-state index is 12.3. The third-order valence-electron chi connectivity index (χ3n) is 4.22. The third-order valence-corrected chi connectivity index (χ3v) is 4.22. The van der Waals surface area contributed by atoms with E-state index >= 15 is 0 Å². The average Bonchev–Trinajstić information content (AvgIpc) is 2.59. The van der Waals surface area contributed by atoms with E-state index < -0.39 is 6.03 Å². The minimum atomic E-state index is -0.405. The minimum Gasteiger partial charge on any atom is -0.353 e. The van der Waals surface area contributed by atoms with E-state index in [1.54, 1.807) is 11.0 Å². The smallest absolute Gasteiger partial charge is 0.319 e. The van der Waals surface area contributed by atoms with E-state index in [1.165, 1.54) is 0 Å². The maximum atomic E-state index is 12.3. The zero-order valence-electron chi connectivity index (χ0n) is 16.2. The lowest BCUT2D eigenvalue weighted by Gasteiger charge is -2.34. The van der Waals surface area contributed by atoms with Crippen molar-refractivity contribution < 1.29 is 14.4 Å². The molecule has 0 unspecified atom stereocenters. The second-order valence-electron chi connectivity index (χ2n) is 7.06. The summed E-state index contributed by atoms with van der Waals surface area (Å²) in [5, 5.41) is 8.17. The number of piperazine rings is 1. The Morgan fingerprint density at radius 2 is 1.81 bits per heavy atom. The van der Waals surface area contributed by atoms with E-state index in [1.807, 2.05) is 43.9 Å². The fourth-order valence-electron chi connectivity index (χ4n) is 2.89. The van der Waals surface area contributed by atoms with Crippen LogP contribution < -0.4 is 16.0 Å². The zero-order valence-corrected chi connectivity index (χ0v) is 16.2. The molecule has 1 saturated heterocycles. The minimum absolute atomic E-state index is 0.000682. The van der Waals surface area contributed by atoms with Gasteiger partial charge in [-0.1, -0.05) is 12.1 Å². The fraction of sp³-hybridized carbons (Fsp3) is 0.526. The van der Waals surface area contributed by atoms with Crippen molar-refractivity contribution >= 4 is 23.5 Å². The summed E-state index contributed by atoms with van der Waals surface area (Å²) in [6.07, 6.45) is 0. The standard InChI is InChI=1S/C19H29N5O3/c1-14(2)21-17(25)13-23-7-9-24(10-8-23)18(26)12-20-19(27)22-16-6-4-5-15(3)11-16/h4-6,11,14H,7-10,12-13H2,1-3H3,(H,21,25)(H2,20,22,27). The predicted molar refractivity (Wildman–Crippen MR) is 104 cm³/mol. The van der Waals surface area contributed by atoms with Crippen molar-refractivity contribution in [3.63, 3.8) is 0 Å². The Morgan fingerprint density at radius 3 is 2.44 bits per heavy atom. The number of carbonyl (C=O) groups is 3. The SMILES string of the molecule is Cc1cccc(NC(=O)NCC(=O)N2CCN(CC(=O)NC(C)C)CC2)c1. The molecule has 8 nitrogen and oxygen atoms in total. The van der Waals surface area contributed by atoms with Crippen LogP contribution in [0.25, 0.3) is 0 Å². The van der Waals surface area contributed by atoms with Gasteiger partial charge < -0.3 is 20.9 Å². The number of benzene rings is 1. The number of nitrogens with one attached hydrogen (secondary N) is 3. The Labute approximate surface area is 160 Å². The molecule has 0 aromatic heterocycles. The number of hydrogen-bond acceptors (Lipinski definition) is 4. The molecule has 0 saturated carbocycles. The number of nitrogens with zero attached hydrogens (tertiary/aromatic N) is 2. The van der Waals surface area contributed by atoms with Gasteiger partial charge in [0.05, 0.1) is 13.1 Å². The van der Waals surface area contributed by atoms with Gasteiger partial charge in [-0.3, -0.25) is 14.5 Å². The first-order chi connectivity index (χ1) is 12.8. The molecule has 1 aliphatic heterocycles. The Hall–Kier alpha value is -2.61. The van der Waals surface area contributed by atoms with Gasteiger partial charge >= 0.3 is 6.03 Å². The highest BCUT2D eigenvalue weighted by Crippen LogP contribution is 2.09. The van der Waals surface area contributed by atoms with Crippen molar-refractivity contribution in [1.82, 2.24) is 20.4 Å². The van der Waals surface area contributed by atoms with Crippen LogP contribution >= 0.6 is 0 Å². The Balaban J connectivity index is 1.68. The van der Waals surface area contributed by atoms with Gasteiger partial charge in [-0.25, -0.2) is 4.79 Å². The lowest BCUT2D eigenvalue weighted by Crippen LogP contribution is -2.53. The molecule has 1 aliphatic rings. The normalized spacial score (nSPS) is 14.7. The second kappa shape index (κ2) is 9.91. The molecule has 4 amide bonds. The largest absolute Gasteiger partial charge is 0.353 e. The second-order valence-corrected chi connectivity index (χ2v) is 7.06. The third kappa shape index (κ3) is 7.26. The molecular formula is C19H29N5O3. The van der Waals surface area contributed by atoms with Gasteiger partial charge in [0.15, 0.2) is 0 Å². The number of aryl methyl sites for hydroxylation is 1. The van der Waals surface area contributed by atoms with Crippen molar-refractivity contribution in [1.29, 1.82) is 0 Å². The number of hydrogen-bond donors (Lipinski definition) is 3. The Bertz CT molecular complexity index is 669. The van der Waals surface area contributed by atoms with Gasteiger partial charge in [0.2, 0.25) is 11.8 Å². The molecule has 0 spiro atoms. The van der Waals surface area contributed by atoms with E-state index in [9.17, 15) is 14.4 Å². The van der Waals surface area contributed by atoms with E-state index in [-0.39, 0.29) is 24.4 Å². The molecule has 27 heavy (non-hydrogen) atoms. The summed E-state index contributed by atoms with van der Waals surface area (Å²) in [5.41, 5.74) is 1.73. The van der Waals surface area contributed by atoms with Crippen LogP contribution in [0.1, 0.15) is 19.4 Å². The molecule has 0 aliphatic carbocycles. The molecule has 0 bridgehead atoms. The summed E-state index contributed by atoms with van der Waals surface area (Å²) in [5.74, 6) is -0.125. The first-order valence-electron chi connectivity index (χ1n) is 9.24. The summed E-state index contributed by atoms with van der Waals surface area (Å²) in [6, 6.07) is 7.17. The van der Waals surface area contributed by atoms with Crippen molar-refractivity contribution in [2.75, 3.05) is 44.6 Å². The summed E-state index contributed by atoms with van der Waals surface area (Å²) >= 11 is 0. The van der Waals surface area contributed by atoms with Crippen LogP contribution in [0.3, 0.4) is 0 Å². The Morgan fingerprint density at radius 1 is 1.11 bits per heavy atom. The van der Waals surface area contributed by atoms with Crippen LogP contribution in [-0.4, -0.2) is 73.0 Å². The number of anilines is 1. The topological polar surface area (TPSA) is 93.8 Å². The first-order valence-corrected chi connectivity index (χ1v) is 9.24. The molecule has 0 atom stereocenters. The molecule has 1 heterocycles. The highest BCUT2D eigenvalue weighted by Gasteiger charge is 2.22. The average molecular weight is 375 g/mol. The molecule has 2 rings (SSSR count). The summed E-state index contributed by atoms with van der Waals surface area (Å²) in [4.78, 5) is 39.7. The summed E-state index contributed by atoms with van der Waals surface area (Å²) in [6.45, 7) is 8.48. The van der Waals surface area contributed by atoms with Crippen molar-refractivity contribution in [3.05, 3.63) is 29.8 Å². The van der Waals surface area contributed by atoms with Crippen LogP contribution in [0.4, 0.5) is 10.5 Å². The molecule has 1 aromatic rings. The van der Waals surface area contributed by atoms with Gasteiger partial charge in [-0.15, -0.1) is 0 Å². The Kier molecular flexibility index (Phi) is 7.60. The summed E-state index contributed by atoms with van der Waals surface area (Å²) < 4.78 is 0. The fourth-order valence-corrected chi connectivity index (χ4v) is 2.89. The highest BCUT2D eigenvalue weighted by atomic mass is 16.2. The zero-order chi connectivity index (χ0) is 19.8. The monoisotopic (exact) mass is 375 g/mol. The number of carbonyl (C=O) groups excluding carboxylic acids is 3.